The normalized spacial score (nSPS) is 20.7. The van der Waals surface area contributed by atoms with Crippen LogP contribution in [0.3, 0.4) is 0 Å². The minimum Gasteiger partial charge on any atom is -0.311 e. The van der Waals surface area contributed by atoms with Crippen molar-refractivity contribution in [2.45, 2.75) is 50.4 Å². The third kappa shape index (κ3) is 6.31. The van der Waals surface area contributed by atoms with Crippen LogP contribution >= 0.6 is 0 Å². The van der Waals surface area contributed by atoms with E-state index in [9.17, 15) is 0 Å². The van der Waals surface area contributed by atoms with Gasteiger partial charge < -0.3 is 9.80 Å². The average Bonchev–Trinajstić information content (AvgIpc) is 3.69. The first-order valence-corrected chi connectivity index (χ1v) is 22.3. The number of fused-ring (bicyclic) bond motifs is 6. The SMILES string of the molecule is CC1(C)c2ccccc2C2C=CC(N(c3ccccc3)c3ccc(-c4ccc(-c5ccc(N(c6ccccc6)c6ccc7c(c6)C(C)(C)C6C=CC=CC76)cc5)cc4)cc3)=CC21. The van der Waals surface area contributed by atoms with Crippen molar-refractivity contribution < 1.29 is 0 Å². The van der Waals surface area contributed by atoms with Crippen LogP contribution < -0.4 is 9.80 Å². The Bertz CT molecular complexity index is 2890. The molecule has 7 aromatic rings. The summed E-state index contributed by atoms with van der Waals surface area (Å²) in [5.74, 6) is 1.71. The second kappa shape index (κ2) is 14.9. The predicted molar refractivity (Wildman–Crippen MR) is 261 cm³/mol. The summed E-state index contributed by atoms with van der Waals surface area (Å²) in [4.78, 5) is 4.80. The third-order valence-corrected chi connectivity index (χ3v) is 14.5. The lowest BCUT2D eigenvalue weighted by Gasteiger charge is -2.34. The van der Waals surface area contributed by atoms with Crippen LogP contribution in [0, 0.1) is 11.8 Å². The second-order valence-corrected chi connectivity index (χ2v) is 18.6. The molecule has 62 heavy (non-hydrogen) atoms. The highest BCUT2D eigenvalue weighted by molar-refractivity contribution is 5.80. The number of allylic oxidation sites excluding steroid dienone is 7. The van der Waals surface area contributed by atoms with Gasteiger partial charge in [-0.1, -0.05) is 179 Å². The standard InChI is InChI=1S/C60H52N2/c1-59(2)55-21-13-11-19-51(55)53-37-35-49(39-57(53)59)61(45-15-7-5-8-16-45)47-31-27-43(28-32-47)41-23-25-42(26-24-41)44-29-33-48(34-30-44)62(46-17-9-6-10-18-46)50-36-38-54-52-20-12-14-22-56(52)60(3,4)58(54)40-50/h5-40,51,54-55,58H,1-4H3. The molecule has 0 radical (unpaired) electrons. The fourth-order valence-corrected chi connectivity index (χ4v) is 11.1. The van der Waals surface area contributed by atoms with E-state index in [0.29, 0.717) is 23.7 Å². The van der Waals surface area contributed by atoms with Crippen LogP contribution in [0.25, 0.3) is 22.3 Å². The van der Waals surface area contributed by atoms with Crippen LogP contribution in [-0.2, 0) is 10.8 Å². The lowest BCUT2D eigenvalue weighted by molar-refractivity contribution is 0.392. The minimum absolute atomic E-state index is 0.0512. The van der Waals surface area contributed by atoms with E-state index in [0.717, 1.165) is 22.7 Å². The van der Waals surface area contributed by atoms with Gasteiger partial charge in [-0.15, -0.1) is 0 Å². The Morgan fingerprint density at radius 1 is 0.371 bits per heavy atom. The molecule has 0 saturated heterocycles. The van der Waals surface area contributed by atoms with Gasteiger partial charge in [0.1, 0.15) is 0 Å². The molecule has 2 nitrogen and oxygen atoms in total. The largest absolute Gasteiger partial charge is 0.311 e. The molecular formula is C60H52N2. The first-order chi connectivity index (χ1) is 30.3. The van der Waals surface area contributed by atoms with Gasteiger partial charge in [0, 0.05) is 46.0 Å². The lowest BCUT2D eigenvalue weighted by atomic mass is 9.74. The fraction of sp³-hybridized carbons (Fsp3) is 0.167. The van der Waals surface area contributed by atoms with Gasteiger partial charge >= 0.3 is 0 Å². The smallest absolute Gasteiger partial charge is 0.0464 e. The zero-order valence-electron chi connectivity index (χ0n) is 36.0. The van der Waals surface area contributed by atoms with Gasteiger partial charge in [-0.25, -0.2) is 0 Å². The van der Waals surface area contributed by atoms with E-state index in [-0.39, 0.29) is 10.8 Å². The highest BCUT2D eigenvalue weighted by Crippen LogP contribution is 2.55. The van der Waals surface area contributed by atoms with Crippen molar-refractivity contribution in [3.8, 4) is 22.3 Å². The Balaban J connectivity index is 0.854. The number of anilines is 5. The monoisotopic (exact) mass is 800 g/mol. The number of para-hydroxylation sites is 2. The van der Waals surface area contributed by atoms with Crippen molar-refractivity contribution in [1.29, 1.82) is 0 Å². The molecule has 0 N–H and O–H groups in total. The van der Waals surface area contributed by atoms with Crippen LogP contribution in [0.2, 0.25) is 0 Å². The maximum atomic E-state index is 2.52. The molecule has 0 spiro atoms. The summed E-state index contributed by atoms with van der Waals surface area (Å²) >= 11 is 0. The zero-order valence-corrected chi connectivity index (χ0v) is 36.0. The molecule has 0 heterocycles. The summed E-state index contributed by atoms with van der Waals surface area (Å²) in [5, 5.41) is 0. The Hall–Kier alpha value is -6.90. The van der Waals surface area contributed by atoms with E-state index >= 15 is 0 Å². The number of nitrogens with zero attached hydrogens (tertiary/aromatic N) is 2. The highest BCUT2D eigenvalue weighted by atomic mass is 15.2. The van der Waals surface area contributed by atoms with Gasteiger partial charge in [0.2, 0.25) is 0 Å². The van der Waals surface area contributed by atoms with Gasteiger partial charge in [0.25, 0.3) is 0 Å². The first-order valence-electron chi connectivity index (χ1n) is 22.3. The Morgan fingerprint density at radius 2 is 0.823 bits per heavy atom. The maximum Gasteiger partial charge on any atom is 0.0464 e. The molecule has 0 aromatic heterocycles. The van der Waals surface area contributed by atoms with Crippen LogP contribution in [0.1, 0.15) is 61.8 Å². The van der Waals surface area contributed by atoms with Gasteiger partial charge in [0.05, 0.1) is 0 Å². The topological polar surface area (TPSA) is 6.48 Å². The van der Waals surface area contributed by atoms with Crippen molar-refractivity contribution in [1.82, 2.24) is 0 Å². The van der Waals surface area contributed by atoms with Crippen LogP contribution in [0.4, 0.5) is 28.4 Å². The molecule has 2 heteroatoms. The number of hydrogen-bond donors (Lipinski definition) is 0. The fourth-order valence-electron chi connectivity index (χ4n) is 11.1. The molecule has 0 amide bonds. The second-order valence-electron chi connectivity index (χ2n) is 18.6. The van der Waals surface area contributed by atoms with Crippen LogP contribution in [-0.4, -0.2) is 0 Å². The summed E-state index contributed by atoms with van der Waals surface area (Å²) in [6.45, 7) is 9.62. The van der Waals surface area contributed by atoms with Crippen molar-refractivity contribution in [3.05, 3.63) is 246 Å². The van der Waals surface area contributed by atoms with E-state index in [1.807, 2.05) is 0 Å². The van der Waals surface area contributed by atoms with E-state index in [4.69, 9.17) is 0 Å². The van der Waals surface area contributed by atoms with Crippen molar-refractivity contribution in [3.63, 3.8) is 0 Å². The molecule has 4 atom stereocenters. The third-order valence-electron chi connectivity index (χ3n) is 14.5. The molecule has 302 valence electrons. The molecule has 11 rings (SSSR count). The number of hydrogen-bond acceptors (Lipinski definition) is 2. The van der Waals surface area contributed by atoms with Gasteiger partial charge in [0.15, 0.2) is 0 Å². The molecule has 4 aliphatic rings. The summed E-state index contributed by atoms with van der Waals surface area (Å²) in [7, 11) is 0. The lowest BCUT2D eigenvalue weighted by Crippen LogP contribution is -2.28. The van der Waals surface area contributed by atoms with E-state index in [1.54, 1.807) is 0 Å². The quantitative estimate of drug-likeness (QED) is 0.151. The Kier molecular flexibility index (Phi) is 9.16. The maximum absolute atomic E-state index is 2.52. The van der Waals surface area contributed by atoms with Gasteiger partial charge in [-0.3, -0.25) is 0 Å². The summed E-state index contributed by atoms with van der Waals surface area (Å²) < 4.78 is 0. The molecular weight excluding hydrogens is 749 g/mol. The van der Waals surface area contributed by atoms with Crippen molar-refractivity contribution in [2.24, 2.45) is 11.8 Å². The van der Waals surface area contributed by atoms with Crippen molar-refractivity contribution >= 4 is 28.4 Å². The molecule has 0 bridgehead atoms. The molecule has 0 aliphatic heterocycles. The van der Waals surface area contributed by atoms with Crippen molar-refractivity contribution in [2.75, 3.05) is 9.80 Å². The summed E-state index contributed by atoms with van der Waals surface area (Å²) in [6, 6.07) is 64.8. The number of rotatable bonds is 8. The zero-order chi connectivity index (χ0) is 42.0. The highest BCUT2D eigenvalue weighted by Gasteiger charge is 2.46. The molecule has 7 aromatic carbocycles. The minimum atomic E-state index is 0.0512. The molecule has 0 fully saturated rings. The first kappa shape index (κ1) is 38.1. The molecule has 0 saturated carbocycles. The summed E-state index contributed by atoms with van der Waals surface area (Å²) in [5.41, 5.74) is 17.8. The molecule has 4 aliphatic carbocycles. The predicted octanol–water partition coefficient (Wildman–Crippen LogP) is 15.9. The van der Waals surface area contributed by atoms with Gasteiger partial charge in [-0.2, -0.15) is 0 Å². The van der Waals surface area contributed by atoms with E-state index in [2.05, 4.69) is 256 Å². The van der Waals surface area contributed by atoms with Gasteiger partial charge in [-0.05, 0) is 134 Å². The Morgan fingerprint density at radius 3 is 1.45 bits per heavy atom. The number of benzene rings is 7. The van der Waals surface area contributed by atoms with Crippen LogP contribution in [0.15, 0.2) is 224 Å². The van der Waals surface area contributed by atoms with Crippen LogP contribution in [0.5, 0.6) is 0 Å². The molecule has 4 unspecified atom stereocenters. The summed E-state index contributed by atoms with van der Waals surface area (Å²) in [6.07, 6.45) is 16.5. The average molecular weight is 801 g/mol. The van der Waals surface area contributed by atoms with E-state index < -0.39 is 0 Å². The van der Waals surface area contributed by atoms with E-state index in [1.165, 1.54) is 55.9 Å². The Labute approximate surface area is 367 Å².